The highest BCUT2D eigenvalue weighted by Crippen LogP contribution is 2.37. The van der Waals surface area contributed by atoms with E-state index in [1.165, 1.54) is 24.3 Å². The summed E-state index contributed by atoms with van der Waals surface area (Å²) >= 11 is 6.00. The van der Waals surface area contributed by atoms with Gasteiger partial charge in [0, 0.05) is 22.5 Å². The first kappa shape index (κ1) is 28.1. The van der Waals surface area contributed by atoms with E-state index in [1.807, 2.05) is 0 Å². The summed E-state index contributed by atoms with van der Waals surface area (Å²) < 4.78 is 89.6. The summed E-state index contributed by atoms with van der Waals surface area (Å²) in [6.07, 6.45) is 0. The summed E-state index contributed by atoms with van der Waals surface area (Å²) in [4.78, 5) is 10.5. The van der Waals surface area contributed by atoms with Crippen molar-refractivity contribution >= 4 is 75.7 Å². The molecule has 39 heavy (non-hydrogen) atoms. The number of anilines is 4. The van der Waals surface area contributed by atoms with Gasteiger partial charge >= 0.3 is 0 Å². The molecule has 3 aromatic carbocycles. The largest absolute Gasteiger partial charge is 0.507 e. The number of sulfone groups is 1. The van der Waals surface area contributed by atoms with Gasteiger partial charge in [-0.2, -0.15) is 31.8 Å². The highest BCUT2D eigenvalue weighted by Gasteiger charge is 2.20. The second kappa shape index (κ2) is 10.0. The molecule has 0 amide bonds. The first-order chi connectivity index (χ1) is 18.1. The zero-order valence-corrected chi connectivity index (χ0v) is 22.3. The molecule has 5 N–H and O–H groups in total. The van der Waals surface area contributed by atoms with Crippen molar-refractivity contribution in [3.8, 4) is 5.75 Å². The quantitative estimate of drug-likeness (QED) is 0.180. The fourth-order valence-electron chi connectivity index (χ4n) is 3.37. The molecule has 1 aromatic heterocycles. The van der Waals surface area contributed by atoms with E-state index in [4.69, 9.17) is 11.6 Å². The van der Waals surface area contributed by atoms with Crippen LogP contribution >= 0.6 is 11.6 Å². The van der Waals surface area contributed by atoms with Gasteiger partial charge in [-0.1, -0.05) is 6.58 Å². The Morgan fingerprint density at radius 1 is 0.769 bits per heavy atom. The molecule has 0 aliphatic rings. The zero-order valence-electron chi connectivity index (χ0n) is 19.1. The van der Waals surface area contributed by atoms with E-state index in [2.05, 4.69) is 32.2 Å². The van der Waals surface area contributed by atoms with Crippen LogP contribution in [0.15, 0.2) is 75.2 Å². The maximum atomic E-state index is 11.9. The fourth-order valence-corrected chi connectivity index (χ4v) is 5.32. The number of halogens is 1. The number of hydrogen-bond acceptors (Lipinski definition) is 12. The van der Waals surface area contributed by atoms with Gasteiger partial charge in [0.25, 0.3) is 20.2 Å². The molecule has 4 rings (SSSR count). The number of fused-ring (bicyclic) bond motifs is 1. The third-order valence-corrected chi connectivity index (χ3v) is 8.28. The molecule has 0 radical (unpaired) electrons. The van der Waals surface area contributed by atoms with Crippen LogP contribution < -0.4 is 10.6 Å². The minimum atomic E-state index is -4.82. The average molecular weight is 614 g/mol. The highest BCUT2D eigenvalue weighted by molar-refractivity contribution is 7.94. The average Bonchev–Trinajstić information content (AvgIpc) is 2.82. The minimum Gasteiger partial charge on any atom is -0.507 e. The van der Waals surface area contributed by atoms with Gasteiger partial charge < -0.3 is 15.7 Å². The van der Waals surface area contributed by atoms with Crippen LogP contribution in [-0.2, 0) is 30.1 Å². The second-order valence-electron chi connectivity index (χ2n) is 7.70. The highest BCUT2D eigenvalue weighted by atomic mass is 35.5. The second-order valence-corrected chi connectivity index (χ2v) is 12.8. The number of nitrogens with one attached hydrogen (secondary N) is 2. The zero-order chi connectivity index (χ0) is 28.8. The Morgan fingerprint density at radius 2 is 1.31 bits per heavy atom. The smallest absolute Gasteiger partial charge is 0.294 e. The van der Waals surface area contributed by atoms with Gasteiger partial charge in [-0.3, -0.25) is 9.11 Å². The third kappa shape index (κ3) is 6.24. The van der Waals surface area contributed by atoms with Gasteiger partial charge in [0.1, 0.15) is 5.75 Å². The molecule has 14 nitrogen and oxygen atoms in total. The Bertz CT molecular complexity index is 1960. The summed E-state index contributed by atoms with van der Waals surface area (Å²) in [6, 6.07) is 8.91. The van der Waals surface area contributed by atoms with E-state index in [-0.39, 0.29) is 38.5 Å². The van der Waals surface area contributed by atoms with Gasteiger partial charge in [-0.15, -0.1) is 0 Å². The summed E-state index contributed by atoms with van der Waals surface area (Å²) in [5.74, 6) is -1.06. The molecule has 204 valence electrons. The van der Waals surface area contributed by atoms with Gasteiger partial charge in [-0.05, 0) is 59.5 Å². The molecule has 0 spiro atoms. The standard InChI is InChI=1S/C21H16ClN5O9S3/c1-2-37(29,30)13-5-3-12(4-6-13)23-20-25-19(22)26-21(27-20)24-16-9-14(38(31,32)33)7-11-8-15(39(34,35)36)10-17(28)18(11)16/h2-10,28H,1H2,(H,31,32,33)(H,34,35,36)(H2,23,24,25,26,27). The Balaban J connectivity index is 1.77. The summed E-state index contributed by atoms with van der Waals surface area (Å²) in [7, 11) is -13.2. The number of rotatable bonds is 8. The van der Waals surface area contributed by atoms with Gasteiger partial charge in [-0.25, -0.2) is 8.42 Å². The molecule has 0 aliphatic carbocycles. The van der Waals surface area contributed by atoms with Crippen LogP contribution in [0.3, 0.4) is 0 Å². The number of nitrogens with zero attached hydrogens (tertiary/aromatic N) is 3. The van der Waals surface area contributed by atoms with E-state index >= 15 is 0 Å². The van der Waals surface area contributed by atoms with Crippen molar-refractivity contribution in [2.45, 2.75) is 14.7 Å². The summed E-state index contributed by atoms with van der Waals surface area (Å²) in [5, 5.41) is 16.1. The van der Waals surface area contributed by atoms with Crippen LogP contribution in [0.2, 0.25) is 5.28 Å². The van der Waals surface area contributed by atoms with Crippen molar-refractivity contribution in [3.63, 3.8) is 0 Å². The van der Waals surface area contributed by atoms with Crippen molar-refractivity contribution < 1.29 is 39.5 Å². The first-order valence-electron chi connectivity index (χ1n) is 10.3. The molecule has 0 unspecified atom stereocenters. The van der Waals surface area contributed by atoms with Gasteiger partial charge in [0.2, 0.25) is 17.2 Å². The normalized spacial score (nSPS) is 12.3. The molecule has 4 aromatic rings. The van der Waals surface area contributed by atoms with Crippen LogP contribution in [0, 0.1) is 0 Å². The predicted octanol–water partition coefficient (Wildman–Crippen LogP) is 3.28. The topological polar surface area (TPSA) is 226 Å². The molecular weight excluding hydrogens is 598 g/mol. The Hall–Kier alpha value is -3.87. The Kier molecular flexibility index (Phi) is 7.23. The van der Waals surface area contributed by atoms with Crippen molar-refractivity contribution in [1.82, 2.24) is 15.0 Å². The SMILES string of the molecule is C=CS(=O)(=O)c1ccc(Nc2nc(Cl)nc(Nc3cc(S(=O)(=O)O)cc4cc(S(=O)(=O)O)cc(O)c34)n2)cc1. The monoisotopic (exact) mass is 613 g/mol. The number of aromatic nitrogens is 3. The van der Waals surface area contributed by atoms with Gasteiger partial charge in [0.05, 0.1) is 20.4 Å². The van der Waals surface area contributed by atoms with Crippen molar-refractivity contribution in [3.05, 3.63) is 65.8 Å². The molecule has 0 saturated carbocycles. The lowest BCUT2D eigenvalue weighted by Crippen LogP contribution is -2.06. The van der Waals surface area contributed by atoms with Crippen LogP contribution in [0.4, 0.5) is 23.3 Å². The number of phenols is 1. The van der Waals surface area contributed by atoms with Crippen molar-refractivity contribution in [2.75, 3.05) is 10.6 Å². The lowest BCUT2D eigenvalue weighted by molar-refractivity contribution is 0.471. The van der Waals surface area contributed by atoms with E-state index in [0.29, 0.717) is 5.69 Å². The van der Waals surface area contributed by atoms with E-state index in [1.54, 1.807) is 0 Å². The number of benzene rings is 3. The predicted molar refractivity (Wildman–Crippen MR) is 140 cm³/mol. The maximum absolute atomic E-state index is 11.9. The molecule has 1 heterocycles. The maximum Gasteiger partial charge on any atom is 0.294 e. The molecule has 18 heteroatoms. The lowest BCUT2D eigenvalue weighted by Gasteiger charge is -2.14. The number of hydrogen-bond donors (Lipinski definition) is 5. The van der Waals surface area contributed by atoms with E-state index in [0.717, 1.165) is 29.7 Å². The Morgan fingerprint density at radius 3 is 1.85 bits per heavy atom. The van der Waals surface area contributed by atoms with E-state index < -0.39 is 45.6 Å². The van der Waals surface area contributed by atoms with Crippen LogP contribution in [-0.4, -0.2) is 54.4 Å². The van der Waals surface area contributed by atoms with Crippen molar-refractivity contribution in [2.24, 2.45) is 0 Å². The van der Waals surface area contributed by atoms with Crippen LogP contribution in [0.25, 0.3) is 10.8 Å². The molecular formula is C21H16ClN5O9S3. The first-order valence-corrected chi connectivity index (χ1v) is 15.1. The Labute approximate surface area is 226 Å². The molecule has 0 saturated heterocycles. The number of phenolic OH excluding ortho intramolecular Hbond substituents is 1. The third-order valence-electron chi connectivity index (χ3n) is 5.08. The fraction of sp³-hybridized carbons (Fsp3) is 0. The lowest BCUT2D eigenvalue weighted by atomic mass is 10.1. The molecule has 0 atom stereocenters. The van der Waals surface area contributed by atoms with Crippen LogP contribution in [0.1, 0.15) is 0 Å². The van der Waals surface area contributed by atoms with E-state index in [9.17, 15) is 39.5 Å². The minimum absolute atomic E-state index is 0.00152. The molecule has 0 bridgehead atoms. The molecule has 0 fully saturated rings. The molecule has 0 aliphatic heterocycles. The van der Waals surface area contributed by atoms with Crippen molar-refractivity contribution in [1.29, 1.82) is 0 Å². The van der Waals surface area contributed by atoms with Crippen LogP contribution in [0.5, 0.6) is 5.75 Å². The number of aromatic hydroxyl groups is 1. The van der Waals surface area contributed by atoms with Gasteiger partial charge in [0.15, 0.2) is 9.84 Å². The summed E-state index contributed by atoms with van der Waals surface area (Å²) in [6.45, 7) is 3.26. The summed E-state index contributed by atoms with van der Waals surface area (Å²) in [5.41, 5.74) is 0.173.